The van der Waals surface area contributed by atoms with E-state index in [1.165, 1.54) is 0 Å². The number of amides is 1. The van der Waals surface area contributed by atoms with Crippen molar-refractivity contribution in [3.8, 4) is 0 Å². The Morgan fingerprint density at radius 1 is 1.45 bits per heavy atom. The van der Waals surface area contributed by atoms with Gasteiger partial charge in [-0.25, -0.2) is 0 Å². The van der Waals surface area contributed by atoms with Crippen LogP contribution in [0.3, 0.4) is 0 Å². The van der Waals surface area contributed by atoms with E-state index < -0.39 is 0 Å². The van der Waals surface area contributed by atoms with Gasteiger partial charge in [0.05, 0.1) is 6.61 Å². The van der Waals surface area contributed by atoms with Gasteiger partial charge in [-0.05, 0) is 6.54 Å². The van der Waals surface area contributed by atoms with Gasteiger partial charge in [0.25, 0.3) is 0 Å². The quantitative estimate of drug-likeness (QED) is 0.441. The van der Waals surface area contributed by atoms with Crippen LogP contribution in [0.1, 0.15) is 13.3 Å². The van der Waals surface area contributed by atoms with Crippen molar-refractivity contribution < 1.29 is 9.90 Å². The predicted molar refractivity (Wildman–Crippen MR) is 43.3 cm³/mol. The van der Waals surface area contributed by atoms with E-state index in [1.807, 2.05) is 6.92 Å². The van der Waals surface area contributed by atoms with Gasteiger partial charge in [0, 0.05) is 19.5 Å². The molecule has 0 radical (unpaired) electrons. The van der Waals surface area contributed by atoms with Crippen molar-refractivity contribution in [2.24, 2.45) is 0 Å². The maximum atomic E-state index is 10.8. The van der Waals surface area contributed by atoms with Crippen molar-refractivity contribution in [3.63, 3.8) is 0 Å². The van der Waals surface area contributed by atoms with Crippen LogP contribution in [-0.4, -0.2) is 37.3 Å². The number of aliphatic hydroxyl groups excluding tert-OH is 1. The maximum Gasteiger partial charge on any atom is 0.221 e. The SMILES string of the molecule is CCNCCC(=O)NCCO. The topological polar surface area (TPSA) is 61.4 Å². The molecule has 0 rings (SSSR count). The van der Waals surface area contributed by atoms with Gasteiger partial charge in [-0.3, -0.25) is 4.79 Å². The van der Waals surface area contributed by atoms with Crippen molar-refractivity contribution in [3.05, 3.63) is 0 Å². The fourth-order valence-electron chi connectivity index (χ4n) is 0.662. The minimum Gasteiger partial charge on any atom is -0.395 e. The zero-order valence-corrected chi connectivity index (χ0v) is 6.89. The molecule has 66 valence electrons. The standard InChI is InChI=1S/C7H16N2O2/c1-2-8-4-3-7(11)9-5-6-10/h8,10H,2-6H2,1H3,(H,9,11). The molecule has 0 aliphatic carbocycles. The molecule has 0 aliphatic rings. The summed E-state index contributed by atoms with van der Waals surface area (Å²) in [5, 5.41) is 14.0. The summed E-state index contributed by atoms with van der Waals surface area (Å²) in [5.74, 6) is -0.0139. The van der Waals surface area contributed by atoms with Gasteiger partial charge in [0.1, 0.15) is 0 Å². The first-order chi connectivity index (χ1) is 5.31. The molecule has 0 atom stereocenters. The van der Waals surface area contributed by atoms with E-state index >= 15 is 0 Å². The Labute approximate surface area is 67.0 Å². The van der Waals surface area contributed by atoms with Crippen molar-refractivity contribution in [2.45, 2.75) is 13.3 Å². The van der Waals surface area contributed by atoms with Crippen LogP contribution in [0.4, 0.5) is 0 Å². The monoisotopic (exact) mass is 160 g/mol. The Bertz CT molecular complexity index is 107. The van der Waals surface area contributed by atoms with E-state index in [-0.39, 0.29) is 12.5 Å². The van der Waals surface area contributed by atoms with Gasteiger partial charge in [0.15, 0.2) is 0 Å². The average Bonchev–Trinajstić information content (AvgIpc) is 2.01. The van der Waals surface area contributed by atoms with Crippen molar-refractivity contribution in [1.29, 1.82) is 0 Å². The third kappa shape index (κ3) is 7.29. The molecular weight excluding hydrogens is 144 g/mol. The molecule has 0 aromatic heterocycles. The molecule has 0 unspecified atom stereocenters. The largest absolute Gasteiger partial charge is 0.395 e. The highest BCUT2D eigenvalue weighted by molar-refractivity contribution is 5.75. The van der Waals surface area contributed by atoms with E-state index in [0.29, 0.717) is 19.5 Å². The van der Waals surface area contributed by atoms with Gasteiger partial charge in [-0.2, -0.15) is 0 Å². The van der Waals surface area contributed by atoms with Crippen LogP contribution in [0.5, 0.6) is 0 Å². The summed E-state index contributed by atoms with van der Waals surface area (Å²) in [7, 11) is 0. The summed E-state index contributed by atoms with van der Waals surface area (Å²) < 4.78 is 0. The predicted octanol–water partition coefficient (Wildman–Crippen LogP) is -0.905. The molecule has 0 bridgehead atoms. The minimum absolute atomic E-state index is 0.00689. The first-order valence-electron chi connectivity index (χ1n) is 3.89. The molecular formula is C7H16N2O2. The molecule has 1 amide bonds. The second kappa shape index (κ2) is 7.50. The molecule has 0 saturated carbocycles. The summed E-state index contributed by atoms with van der Waals surface area (Å²) in [5.41, 5.74) is 0. The Balaban J connectivity index is 3.09. The van der Waals surface area contributed by atoms with Gasteiger partial charge < -0.3 is 15.7 Å². The Hall–Kier alpha value is -0.610. The Kier molecular flexibility index (Phi) is 7.08. The third-order valence-corrected chi connectivity index (χ3v) is 1.21. The van der Waals surface area contributed by atoms with E-state index in [9.17, 15) is 4.79 Å². The lowest BCUT2D eigenvalue weighted by molar-refractivity contribution is -0.121. The molecule has 0 aliphatic heterocycles. The summed E-state index contributed by atoms with van der Waals surface area (Å²) in [6.07, 6.45) is 0.480. The van der Waals surface area contributed by atoms with E-state index in [4.69, 9.17) is 5.11 Å². The van der Waals surface area contributed by atoms with Gasteiger partial charge in [-0.1, -0.05) is 6.92 Å². The molecule has 0 fully saturated rings. The normalized spacial score (nSPS) is 9.64. The second-order valence-electron chi connectivity index (χ2n) is 2.18. The number of hydrogen-bond acceptors (Lipinski definition) is 3. The number of carbonyl (C=O) groups is 1. The lowest BCUT2D eigenvalue weighted by Gasteiger charge is -2.02. The summed E-state index contributed by atoms with van der Waals surface area (Å²) in [6.45, 7) is 3.94. The number of rotatable bonds is 6. The summed E-state index contributed by atoms with van der Waals surface area (Å²) >= 11 is 0. The van der Waals surface area contributed by atoms with Crippen LogP contribution in [-0.2, 0) is 4.79 Å². The van der Waals surface area contributed by atoms with E-state index in [2.05, 4.69) is 10.6 Å². The van der Waals surface area contributed by atoms with Crippen LogP contribution in [0, 0.1) is 0 Å². The minimum atomic E-state index is -0.0139. The summed E-state index contributed by atoms with van der Waals surface area (Å²) in [4.78, 5) is 10.8. The van der Waals surface area contributed by atoms with Crippen LogP contribution >= 0.6 is 0 Å². The molecule has 0 aromatic rings. The van der Waals surface area contributed by atoms with Crippen molar-refractivity contribution in [1.82, 2.24) is 10.6 Å². The number of carbonyl (C=O) groups excluding carboxylic acids is 1. The number of nitrogens with one attached hydrogen (secondary N) is 2. The third-order valence-electron chi connectivity index (χ3n) is 1.21. The summed E-state index contributed by atoms with van der Waals surface area (Å²) in [6, 6.07) is 0. The van der Waals surface area contributed by atoms with Crippen LogP contribution in [0.25, 0.3) is 0 Å². The molecule has 0 heterocycles. The second-order valence-corrected chi connectivity index (χ2v) is 2.18. The Morgan fingerprint density at radius 2 is 2.18 bits per heavy atom. The van der Waals surface area contributed by atoms with Crippen molar-refractivity contribution in [2.75, 3.05) is 26.2 Å². The van der Waals surface area contributed by atoms with E-state index in [0.717, 1.165) is 6.54 Å². The molecule has 0 spiro atoms. The lowest BCUT2D eigenvalue weighted by Crippen LogP contribution is -2.29. The number of aliphatic hydroxyl groups is 1. The van der Waals surface area contributed by atoms with Crippen LogP contribution in [0.15, 0.2) is 0 Å². The highest BCUT2D eigenvalue weighted by atomic mass is 16.3. The van der Waals surface area contributed by atoms with Gasteiger partial charge >= 0.3 is 0 Å². The first kappa shape index (κ1) is 10.4. The average molecular weight is 160 g/mol. The molecule has 0 aromatic carbocycles. The molecule has 3 N–H and O–H groups in total. The Morgan fingerprint density at radius 3 is 2.73 bits per heavy atom. The fraction of sp³-hybridized carbons (Fsp3) is 0.857. The highest BCUT2D eigenvalue weighted by Gasteiger charge is 1.97. The van der Waals surface area contributed by atoms with Crippen molar-refractivity contribution >= 4 is 5.91 Å². The molecule has 4 nitrogen and oxygen atoms in total. The van der Waals surface area contributed by atoms with Gasteiger partial charge in [-0.15, -0.1) is 0 Å². The smallest absolute Gasteiger partial charge is 0.221 e. The van der Waals surface area contributed by atoms with Gasteiger partial charge in [0.2, 0.25) is 5.91 Å². The van der Waals surface area contributed by atoms with E-state index in [1.54, 1.807) is 0 Å². The van der Waals surface area contributed by atoms with Crippen LogP contribution < -0.4 is 10.6 Å². The first-order valence-corrected chi connectivity index (χ1v) is 3.89. The van der Waals surface area contributed by atoms with Crippen LogP contribution in [0.2, 0.25) is 0 Å². The number of hydrogen-bond donors (Lipinski definition) is 3. The lowest BCUT2D eigenvalue weighted by atomic mass is 10.4. The highest BCUT2D eigenvalue weighted by Crippen LogP contribution is 1.75. The maximum absolute atomic E-state index is 10.8. The zero-order chi connectivity index (χ0) is 8.53. The molecule has 0 saturated heterocycles. The molecule has 4 heteroatoms. The zero-order valence-electron chi connectivity index (χ0n) is 6.89. The fourth-order valence-corrected chi connectivity index (χ4v) is 0.662. The molecule has 11 heavy (non-hydrogen) atoms.